The Kier molecular flexibility index (Phi) is 6.27. The molecular formula is C25H18F3NO5. The molecule has 0 bridgehead atoms. The van der Waals surface area contributed by atoms with Gasteiger partial charge in [0.15, 0.2) is 0 Å². The SMILES string of the molecule is COc1ccc(C(O)=C2C(=O)C(=O)N(c3ccc(OC(F)F)cc3)C2c2ccc(F)cc2)cc1. The molecule has 1 atom stereocenters. The Bertz CT molecular complexity index is 1240. The molecule has 174 valence electrons. The van der Waals surface area contributed by atoms with Crippen LogP contribution in [0, 0.1) is 5.82 Å². The fourth-order valence-corrected chi connectivity index (χ4v) is 3.75. The molecule has 1 saturated heterocycles. The van der Waals surface area contributed by atoms with E-state index in [0.717, 1.165) is 4.90 Å². The summed E-state index contributed by atoms with van der Waals surface area (Å²) in [7, 11) is 1.48. The topological polar surface area (TPSA) is 76.1 Å². The van der Waals surface area contributed by atoms with Crippen LogP contribution in [0.25, 0.3) is 5.76 Å². The van der Waals surface area contributed by atoms with Crippen LogP contribution >= 0.6 is 0 Å². The number of rotatable bonds is 6. The van der Waals surface area contributed by atoms with E-state index in [1.807, 2.05) is 0 Å². The number of aliphatic hydroxyl groups is 1. The van der Waals surface area contributed by atoms with E-state index in [9.17, 15) is 27.9 Å². The largest absolute Gasteiger partial charge is 0.507 e. The zero-order valence-corrected chi connectivity index (χ0v) is 17.7. The molecule has 1 N–H and O–H groups in total. The second-order valence-corrected chi connectivity index (χ2v) is 7.32. The number of hydrogen-bond donors (Lipinski definition) is 1. The Morgan fingerprint density at radius 3 is 2.06 bits per heavy atom. The molecule has 1 aliphatic heterocycles. The number of halogens is 3. The quantitative estimate of drug-likeness (QED) is 0.310. The molecule has 1 heterocycles. The minimum absolute atomic E-state index is 0.132. The minimum atomic E-state index is -3.02. The van der Waals surface area contributed by atoms with Crippen LogP contribution in [0.1, 0.15) is 17.2 Å². The van der Waals surface area contributed by atoms with Crippen molar-refractivity contribution in [1.82, 2.24) is 0 Å². The Morgan fingerprint density at radius 2 is 1.50 bits per heavy atom. The number of ketones is 1. The minimum Gasteiger partial charge on any atom is -0.507 e. The maximum atomic E-state index is 13.6. The molecule has 1 fully saturated rings. The van der Waals surface area contributed by atoms with Crippen LogP contribution in [0.4, 0.5) is 18.9 Å². The summed E-state index contributed by atoms with van der Waals surface area (Å²) in [5.74, 6) is -2.44. The number of carbonyl (C=O) groups excluding carboxylic acids is 2. The van der Waals surface area contributed by atoms with Crippen molar-refractivity contribution in [2.24, 2.45) is 0 Å². The van der Waals surface area contributed by atoms with Gasteiger partial charge in [0.2, 0.25) is 0 Å². The van der Waals surface area contributed by atoms with Gasteiger partial charge in [-0.15, -0.1) is 0 Å². The van der Waals surface area contributed by atoms with Crippen LogP contribution in [-0.4, -0.2) is 30.5 Å². The molecule has 9 heteroatoms. The fraction of sp³-hybridized carbons (Fsp3) is 0.120. The number of aliphatic hydroxyl groups excluding tert-OH is 1. The fourth-order valence-electron chi connectivity index (χ4n) is 3.75. The standard InChI is InChI=1S/C25H18F3NO5/c1-33-18-10-4-15(5-11-18)22(30)20-21(14-2-6-16(26)7-3-14)29(24(32)23(20)31)17-8-12-19(13-9-17)34-25(27)28/h2-13,21,25,30H,1H3. The van der Waals surface area contributed by atoms with Crippen LogP contribution in [0.3, 0.4) is 0 Å². The predicted octanol–water partition coefficient (Wildman–Crippen LogP) is 5.06. The Hall–Kier alpha value is -4.27. The molecule has 1 aliphatic rings. The van der Waals surface area contributed by atoms with Crippen molar-refractivity contribution in [1.29, 1.82) is 0 Å². The molecule has 0 aromatic heterocycles. The molecule has 0 spiro atoms. The van der Waals surface area contributed by atoms with E-state index in [4.69, 9.17) is 4.74 Å². The summed E-state index contributed by atoms with van der Waals surface area (Å²) >= 11 is 0. The van der Waals surface area contributed by atoms with Gasteiger partial charge in [-0.3, -0.25) is 14.5 Å². The monoisotopic (exact) mass is 469 g/mol. The number of nitrogens with zero attached hydrogens (tertiary/aromatic N) is 1. The summed E-state index contributed by atoms with van der Waals surface area (Å²) in [5.41, 5.74) is 0.636. The van der Waals surface area contributed by atoms with Crippen molar-refractivity contribution >= 4 is 23.1 Å². The van der Waals surface area contributed by atoms with Gasteiger partial charge in [0, 0.05) is 11.3 Å². The van der Waals surface area contributed by atoms with E-state index in [2.05, 4.69) is 4.74 Å². The van der Waals surface area contributed by atoms with Crippen LogP contribution in [0.15, 0.2) is 78.4 Å². The molecule has 1 unspecified atom stereocenters. The average Bonchev–Trinajstić information content (AvgIpc) is 3.10. The van der Waals surface area contributed by atoms with E-state index in [1.54, 1.807) is 12.1 Å². The first-order valence-corrected chi connectivity index (χ1v) is 10.1. The van der Waals surface area contributed by atoms with Crippen molar-refractivity contribution < 1.29 is 37.3 Å². The smallest absolute Gasteiger partial charge is 0.387 e. The molecule has 0 radical (unpaired) electrons. The second-order valence-electron chi connectivity index (χ2n) is 7.32. The summed E-state index contributed by atoms with van der Waals surface area (Å²) in [6.07, 6.45) is 0. The van der Waals surface area contributed by atoms with Crippen molar-refractivity contribution in [3.63, 3.8) is 0 Å². The van der Waals surface area contributed by atoms with Gasteiger partial charge in [0.1, 0.15) is 23.1 Å². The third-order valence-electron chi connectivity index (χ3n) is 5.33. The van der Waals surface area contributed by atoms with E-state index >= 15 is 0 Å². The average molecular weight is 469 g/mol. The van der Waals surface area contributed by atoms with Gasteiger partial charge in [0.05, 0.1) is 18.7 Å². The van der Waals surface area contributed by atoms with Gasteiger partial charge in [-0.2, -0.15) is 8.78 Å². The number of methoxy groups -OCH3 is 1. The van der Waals surface area contributed by atoms with Gasteiger partial charge in [-0.25, -0.2) is 4.39 Å². The summed E-state index contributed by atoms with van der Waals surface area (Å²) in [5, 5.41) is 11.0. The van der Waals surface area contributed by atoms with Crippen LogP contribution in [0.2, 0.25) is 0 Å². The lowest BCUT2D eigenvalue weighted by atomic mass is 9.95. The van der Waals surface area contributed by atoms with Crippen molar-refractivity contribution in [2.45, 2.75) is 12.7 Å². The van der Waals surface area contributed by atoms with Gasteiger partial charge in [0.25, 0.3) is 11.7 Å². The zero-order valence-electron chi connectivity index (χ0n) is 17.7. The number of amides is 1. The summed E-state index contributed by atoms with van der Waals surface area (Å²) in [6, 6.07) is 15.4. The van der Waals surface area contributed by atoms with E-state index in [0.29, 0.717) is 11.3 Å². The van der Waals surface area contributed by atoms with Crippen LogP contribution in [0.5, 0.6) is 11.5 Å². The molecular weight excluding hydrogens is 451 g/mol. The number of benzene rings is 3. The first-order valence-electron chi connectivity index (χ1n) is 10.1. The first kappa shape index (κ1) is 22.9. The Labute approximate surface area is 192 Å². The Morgan fingerprint density at radius 1 is 0.912 bits per heavy atom. The molecule has 34 heavy (non-hydrogen) atoms. The number of alkyl halides is 2. The maximum absolute atomic E-state index is 13.6. The highest BCUT2D eigenvalue weighted by atomic mass is 19.3. The Balaban J connectivity index is 1.85. The number of ether oxygens (including phenoxy) is 2. The molecule has 6 nitrogen and oxygen atoms in total. The lowest BCUT2D eigenvalue weighted by Crippen LogP contribution is -2.29. The van der Waals surface area contributed by atoms with Crippen LogP contribution in [-0.2, 0) is 9.59 Å². The highest BCUT2D eigenvalue weighted by molar-refractivity contribution is 6.51. The molecule has 3 aromatic rings. The molecule has 1 amide bonds. The summed E-state index contributed by atoms with van der Waals surface area (Å²) in [6.45, 7) is -3.02. The van der Waals surface area contributed by atoms with E-state index in [1.165, 1.54) is 67.8 Å². The normalized spacial score (nSPS) is 17.3. The molecule has 0 aliphatic carbocycles. The third kappa shape index (κ3) is 4.32. The van der Waals surface area contributed by atoms with Gasteiger partial charge in [-0.05, 0) is 66.2 Å². The van der Waals surface area contributed by atoms with Gasteiger partial charge < -0.3 is 14.6 Å². The molecule has 3 aromatic carbocycles. The number of hydrogen-bond acceptors (Lipinski definition) is 5. The predicted molar refractivity (Wildman–Crippen MR) is 117 cm³/mol. The van der Waals surface area contributed by atoms with E-state index in [-0.39, 0.29) is 22.6 Å². The van der Waals surface area contributed by atoms with Crippen molar-refractivity contribution in [2.75, 3.05) is 12.0 Å². The first-order chi connectivity index (χ1) is 16.3. The number of carbonyl (C=O) groups is 2. The number of anilines is 1. The van der Waals surface area contributed by atoms with Crippen LogP contribution < -0.4 is 14.4 Å². The summed E-state index contributed by atoms with van der Waals surface area (Å²) in [4.78, 5) is 27.2. The van der Waals surface area contributed by atoms with E-state index < -0.39 is 35.9 Å². The third-order valence-corrected chi connectivity index (χ3v) is 5.33. The highest BCUT2D eigenvalue weighted by Gasteiger charge is 2.47. The highest BCUT2D eigenvalue weighted by Crippen LogP contribution is 2.42. The lowest BCUT2D eigenvalue weighted by Gasteiger charge is -2.25. The van der Waals surface area contributed by atoms with Gasteiger partial charge in [-0.1, -0.05) is 12.1 Å². The van der Waals surface area contributed by atoms with Gasteiger partial charge >= 0.3 is 6.61 Å². The molecule has 4 rings (SSSR count). The van der Waals surface area contributed by atoms with Crippen molar-refractivity contribution in [3.05, 3.63) is 95.3 Å². The zero-order chi connectivity index (χ0) is 24.4. The second kappa shape index (κ2) is 9.30. The number of Topliss-reactive ketones (excluding diaryl/α,β-unsaturated/α-hetero) is 1. The molecule has 0 saturated carbocycles. The lowest BCUT2D eigenvalue weighted by molar-refractivity contribution is -0.132. The van der Waals surface area contributed by atoms with Crippen molar-refractivity contribution in [3.8, 4) is 11.5 Å². The maximum Gasteiger partial charge on any atom is 0.387 e. The summed E-state index contributed by atoms with van der Waals surface area (Å²) < 4.78 is 48.0.